The second kappa shape index (κ2) is 4.79. The molecule has 1 unspecified atom stereocenters. The van der Waals surface area contributed by atoms with Gasteiger partial charge in [-0.1, -0.05) is 0 Å². The minimum absolute atomic E-state index is 0.0929. The van der Waals surface area contributed by atoms with Crippen molar-refractivity contribution in [2.24, 2.45) is 0 Å². The number of piperazine rings is 3. The van der Waals surface area contributed by atoms with Crippen molar-refractivity contribution in [1.82, 2.24) is 19.8 Å². The number of H-pyrrole nitrogens is 1. The van der Waals surface area contributed by atoms with Crippen molar-refractivity contribution in [3.63, 3.8) is 0 Å². The number of hydrogen-bond acceptors (Lipinski definition) is 5. The zero-order chi connectivity index (χ0) is 12.5. The fourth-order valence-electron chi connectivity index (χ4n) is 2.79. The summed E-state index contributed by atoms with van der Waals surface area (Å²) in [6.45, 7) is 5.70. The quantitative estimate of drug-likeness (QED) is 0.790. The number of ether oxygens (including phenoxy) is 1. The summed E-state index contributed by atoms with van der Waals surface area (Å²) in [5, 5.41) is 0. The molecule has 1 aromatic rings. The molecule has 18 heavy (non-hydrogen) atoms. The van der Waals surface area contributed by atoms with Crippen LogP contribution in [0, 0.1) is 0 Å². The van der Waals surface area contributed by atoms with E-state index in [4.69, 9.17) is 4.74 Å². The van der Waals surface area contributed by atoms with E-state index in [1.807, 2.05) is 0 Å². The van der Waals surface area contributed by atoms with Crippen LogP contribution in [0.2, 0.25) is 0 Å². The highest BCUT2D eigenvalue weighted by Gasteiger charge is 2.34. The van der Waals surface area contributed by atoms with Crippen LogP contribution in [-0.4, -0.2) is 59.6 Å². The van der Waals surface area contributed by atoms with Gasteiger partial charge in [0.15, 0.2) is 0 Å². The third-order valence-corrected chi connectivity index (χ3v) is 3.70. The van der Waals surface area contributed by atoms with E-state index in [1.54, 1.807) is 7.11 Å². The lowest BCUT2D eigenvalue weighted by atomic mass is 10.1. The SMILES string of the molecule is COCc1cc(=O)[nH]c(C2CN3CCN2CC3)n1. The first-order chi connectivity index (χ1) is 8.76. The highest BCUT2D eigenvalue weighted by atomic mass is 16.5. The lowest BCUT2D eigenvalue weighted by Gasteiger charge is -2.46. The zero-order valence-corrected chi connectivity index (χ0v) is 10.6. The zero-order valence-electron chi connectivity index (χ0n) is 10.6. The van der Waals surface area contributed by atoms with Crippen molar-refractivity contribution in [1.29, 1.82) is 0 Å². The average Bonchev–Trinajstić information content (AvgIpc) is 2.40. The topological polar surface area (TPSA) is 61.5 Å². The maximum absolute atomic E-state index is 11.7. The lowest BCUT2D eigenvalue weighted by molar-refractivity contribution is 0.00831. The van der Waals surface area contributed by atoms with E-state index in [0.717, 1.165) is 38.5 Å². The molecule has 4 rings (SSSR count). The van der Waals surface area contributed by atoms with Gasteiger partial charge in [0.25, 0.3) is 5.56 Å². The predicted molar refractivity (Wildman–Crippen MR) is 66.3 cm³/mol. The van der Waals surface area contributed by atoms with Crippen LogP contribution in [0.3, 0.4) is 0 Å². The first kappa shape index (κ1) is 11.8. The number of methoxy groups -OCH3 is 1. The van der Waals surface area contributed by atoms with Gasteiger partial charge in [0.05, 0.1) is 18.3 Å². The molecule has 6 nitrogen and oxygen atoms in total. The normalized spacial score (nSPS) is 30.6. The van der Waals surface area contributed by atoms with E-state index in [-0.39, 0.29) is 11.6 Å². The molecule has 0 spiro atoms. The monoisotopic (exact) mass is 250 g/mol. The predicted octanol–water partition coefficient (Wildman–Crippen LogP) is -0.411. The molecular weight excluding hydrogens is 232 g/mol. The van der Waals surface area contributed by atoms with Crippen LogP contribution in [0.5, 0.6) is 0 Å². The molecule has 3 fully saturated rings. The van der Waals surface area contributed by atoms with Crippen molar-refractivity contribution >= 4 is 0 Å². The molecule has 0 amide bonds. The van der Waals surface area contributed by atoms with E-state index in [9.17, 15) is 4.79 Å². The van der Waals surface area contributed by atoms with Crippen LogP contribution in [0.25, 0.3) is 0 Å². The van der Waals surface area contributed by atoms with E-state index in [0.29, 0.717) is 12.3 Å². The van der Waals surface area contributed by atoms with Crippen LogP contribution in [0.4, 0.5) is 0 Å². The Morgan fingerprint density at radius 1 is 1.44 bits per heavy atom. The van der Waals surface area contributed by atoms with Gasteiger partial charge < -0.3 is 9.72 Å². The van der Waals surface area contributed by atoms with E-state index in [2.05, 4.69) is 19.8 Å². The fraction of sp³-hybridized carbons (Fsp3) is 0.667. The van der Waals surface area contributed by atoms with Crippen LogP contribution >= 0.6 is 0 Å². The standard InChI is InChI=1S/C12H18N4O2/c1-18-8-9-6-11(17)14-12(13-9)10-7-15-2-4-16(10)5-3-15/h6,10H,2-5,7-8H2,1H3,(H,13,14,17). The van der Waals surface area contributed by atoms with Gasteiger partial charge in [-0.2, -0.15) is 0 Å². The van der Waals surface area contributed by atoms with Gasteiger partial charge in [0.2, 0.25) is 0 Å². The molecule has 0 saturated carbocycles. The molecule has 1 atom stereocenters. The van der Waals surface area contributed by atoms with Crippen molar-refractivity contribution < 1.29 is 4.74 Å². The Morgan fingerprint density at radius 3 is 2.83 bits per heavy atom. The molecule has 98 valence electrons. The highest BCUT2D eigenvalue weighted by molar-refractivity contribution is 5.07. The van der Waals surface area contributed by atoms with Crippen LogP contribution in [0.1, 0.15) is 17.6 Å². The summed E-state index contributed by atoms with van der Waals surface area (Å²) in [5.41, 5.74) is 0.610. The largest absolute Gasteiger partial charge is 0.378 e. The van der Waals surface area contributed by atoms with E-state index < -0.39 is 0 Å². The Hall–Kier alpha value is -1.24. The molecule has 0 aromatic carbocycles. The molecule has 4 heterocycles. The molecule has 0 aliphatic carbocycles. The molecule has 3 aliphatic rings. The number of nitrogens with zero attached hydrogens (tertiary/aromatic N) is 3. The van der Waals surface area contributed by atoms with E-state index in [1.165, 1.54) is 6.07 Å². The number of aromatic amines is 1. The molecule has 3 aliphatic heterocycles. The fourth-order valence-corrected chi connectivity index (χ4v) is 2.79. The second-order valence-corrected chi connectivity index (χ2v) is 4.91. The summed E-state index contributed by atoms with van der Waals surface area (Å²) in [6, 6.07) is 1.72. The van der Waals surface area contributed by atoms with Gasteiger partial charge in [0.1, 0.15) is 5.82 Å². The molecule has 1 aromatic heterocycles. The second-order valence-electron chi connectivity index (χ2n) is 4.91. The van der Waals surface area contributed by atoms with Crippen molar-refractivity contribution in [3.8, 4) is 0 Å². The minimum atomic E-state index is -0.0929. The summed E-state index contributed by atoms with van der Waals surface area (Å²) in [6.07, 6.45) is 0. The number of nitrogens with one attached hydrogen (secondary N) is 1. The molecule has 3 saturated heterocycles. The van der Waals surface area contributed by atoms with Crippen molar-refractivity contribution in [3.05, 3.63) is 27.9 Å². The summed E-state index contributed by atoms with van der Waals surface area (Å²) in [7, 11) is 1.61. The van der Waals surface area contributed by atoms with Crippen LogP contribution in [0.15, 0.2) is 10.9 Å². The summed E-state index contributed by atoms with van der Waals surface area (Å²) in [4.78, 5) is 23.9. The first-order valence-electron chi connectivity index (χ1n) is 6.32. The van der Waals surface area contributed by atoms with E-state index >= 15 is 0 Å². The van der Waals surface area contributed by atoms with Crippen LogP contribution < -0.4 is 5.56 Å². The Kier molecular flexibility index (Phi) is 3.15. The summed E-state index contributed by atoms with van der Waals surface area (Å²) >= 11 is 0. The Bertz CT molecular complexity index is 479. The maximum atomic E-state index is 11.7. The van der Waals surface area contributed by atoms with Gasteiger partial charge in [-0.15, -0.1) is 0 Å². The van der Waals surface area contributed by atoms with Crippen molar-refractivity contribution in [2.45, 2.75) is 12.6 Å². The van der Waals surface area contributed by atoms with Gasteiger partial charge in [-0.05, 0) is 0 Å². The van der Waals surface area contributed by atoms with Gasteiger partial charge in [-0.25, -0.2) is 4.98 Å². The van der Waals surface area contributed by atoms with Crippen molar-refractivity contribution in [2.75, 3.05) is 39.8 Å². The van der Waals surface area contributed by atoms with Gasteiger partial charge in [-0.3, -0.25) is 14.6 Å². The third-order valence-electron chi connectivity index (χ3n) is 3.70. The number of aromatic nitrogens is 2. The lowest BCUT2D eigenvalue weighted by Crippen LogP contribution is -2.57. The number of rotatable bonds is 3. The minimum Gasteiger partial charge on any atom is -0.378 e. The highest BCUT2D eigenvalue weighted by Crippen LogP contribution is 2.25. The summed E-state index contributed by atoms with van der Waals surface area (Å²) < 4.78 is 5.05. The molecule has 6 heteroatoms. The Balaban J connectivity index is 1.89. The molecule has 2 bridgehead atoms. The Morgan fingerprint density at radius 2 is 2.22 bits per heavy atom. The first-order valence-corrected chi connectivity index (χ1v) is 6.32. The van der Waals surface area contributed by atoms with Gasteiger partial charge in [0, 0.05) is 45.9 Å². The Labute approximate surface area is 106 Å². The number of hydrogen-bond donors (Lipinski definition) is 1. The van der Waals surface area contributed by atoms with Crippen LogP contribution in [-0.2, 0) is 11.3 Å². The smallest absolute Gasteiger partial charge is 0.251 e. The molecular formula is C12H18N4O2. The molecule has 0 radical (unpaired) electrons. The average molecular weight is 250 g/mol. The number of fused-ring (bicyclic) bond motifs is 3. The summed E-state index contributed by atoms with van der Waals surface area (Å²) in [5.74, 6) is 0.777. The molecule has 1 N–H and O–H groups in total. The maximum Gasteiger partial charge on any atom is 0.251 e. The third kappa shape index (κ3) is 2.19. The van der Waals surface area contributed by atoms with Gasteiger partial charge >= 0.3 is 0 Å².